The summed E-state index contributed by atoms with van der Waals surface area (Å²) in [5, 5.41) is 56.0. The van der Waals surface area contributed by atoms with Crippen LogP contribution in [0.25, 0.3) is 0 Å². The van der Waals surface area contributed by atoms with E-state index in [1.165, 1.54) is 14.2 Å². The molecule has 5 rings (SSSR count). The Morgan fingerprint density at radius 3 is 1.71 bits per heavy atom. The summed E-state index contributed by atoms with van der Waals surface area (Å²) < 4.78 is 18.9. The number of oxime groups is 2. The fraction of sp³-hybridized carbons (Fsp3) is 0.419. The number of carbonyl (C=O) groups excluding carboxylic acids is 2. The second-order valence-corrected chi connectivity index (χ2v) is 16.9. The molecule has 15 nitrogen and oxygen atoms in total. The van der Waals surface area contributed by atoms with Gasteiger partial charge in [-0.25, -0.2) is 0 Å². The number of aliphatic hydroxyl groups is 4. The largest absolute Gasteiger partial charge is 0.495 e. The first-order valence-electron chi connectivity index (χ1n) is 15.1. The first kappa shape index (κ1) is 41.3. The predicted molar refractivity (Wildman–Crippen MR) is 208 cm³/mol. The van der Waals surface area contributed by atoms with E-state index >= 15 is 0 Å². The van der Waals surface area contributed by atoms with Crippen LogP contribution in [-0.2, 0) is 28.7 Å². The van der Waals surface area contributed by atoms with Crippen LogP contribution in [0, 0.1) is 0 Å². The van der Waals surface area contributed by atoms with Gasteiger partial charge in [0.1, 0.15) is 53.6 Å². The summed E-state index contributed by atoms with van der Waals surface area (Å²) in [7, 11) is 2.91. The third-order valence-corrected chi connectivity index (χ3v) is 12.2. The molecule has 6 atom stereocenters. The number of amides is 2. The van der Waals surface area contributed by atoms with E-state index in [-0.39, 0.29) is 44.0 Å². The minimum Gasteiger partial charge on any atom is -0.495 e. The van der Waals surface area contributed by atoms with Gasteiger partial charge < -0.3 is 54.9 Å². The lowest BCUT2D eigenvalue weighted by Crippen LogP contribution is -2.45. The standard InChI is InChI=1S/C31H30Br6N4O11/c1-48-24-16(34)5-30(26(44)21(24)36)7-18(40-51-30)28(46)38-9-13(42)11-50-23-14(32)3-12(4-15(23)33)20(43)10-39-29(47)19-8-31(52-41-19)6-17(35)25(49-2)22(37)27(31)45/h3-6,13,20,26-27,42-45H,7-11H2,1-2H3,(H,38,46)(H,39,47)/t13-,20-,26+,27+,30-,31-/m1/s1. The van der Waals surface area contributed by atoms with E-state index in [1.54, 1.807) is 24.3 Å². The van der Waals surface area contributed by atoms with Crippen molar-refractivity contribution in [3.05, 3.63) is 68.2 Å². The minimum atomic E-state index is -1.32. The number of rotatable bonds is 12. The van der Waals surface area contributed by atoms with Crippen molar-refractivity contribution < 1.29 is 53.9 Å². The molecule has 0 aromatic heterocycles. The molecule has 6 N–H and O–H groups in total. The fourth-order valence-electron chi connectivity index (χ4n) is 5.51. The Morgan fingerprint density at radius 2 is 1.27 bits per heavy atom. The van der Waals surface area contributed by atoms with Crippen molar-refractivity contribution in [2.24, 2.45) is 10.3 Å². The van der Waals surface area contributed by atoms with Crippen molar-refractivity contribution in [1.29, 1.82) is 0 Å². The smallest absolute Gasteiger partial charge is 0.269 e. The number of nitrogens with one attached hydrogen (secondary N) is 2. The van der Waals surface area contributed by atoms with Crippen molar-refractivity contribution in [2.75, 3.05) is 33.9 Å². The maximum absolute atomic E-state index is 12.9. The van der Waals surface area contributed by atoms with Crippen molar-refractivity contribution in [3.8, 4) is 5.75 Å². The number of hydrogen-bond acceptors (Lipinski definition) is 13. The number of carbonyl (C=O) groups is 2. The van der Waals surface area contributed by atoms with Crippen LogP contribution in [0.4, 0.5) is 0 Å². The normalized spacial score (nSPS) is 26.5. The third kappa shape index (κ3) is 8.37. The van der Waals surface area contributed by atoms with Crippen molar-refractivity contribution in [2.45, 2.75) is 48.5 Å². The average molecular weight is 1110 g/mol. The summed E-state index contributed by atoms with van der Waals surface area (Å²) in [4.78, 5) is 36.8. The van der Waals surface area contributed by atoms with Crippen molar-refractivity contribution in [1.82, 2.24) is 10.6 Å². The van der Waals surface area contributed by atoms with E-state index in [9.17, 15) is 30.0 Å². The molecule has 2 spiro atoms. The summed E-state index contributed by atoms with van der Waals surface area (Å²) in [6.07, 6.45) is -1.53. The van der Waals surface area contributed by atoms with Crippen LogP contribution in [0.2, 0.25) is 0 Å². The molecule has 0 bridgehead atoms. The van der Waals surface area contributed by atoms with Crippen molar-refractivity contribution >= 4 is 119 Å². The zero-order chi connectivity index (χ0) is 38.1. The van der Waals surface area contributed by atoms with Gasteiger partial charge in [0.15, 0.2) is 11.2 Å². The SMILES string of the molecule is COC1=C(Br)[C@H](O)[C@@]2(C=C1Br)CC(C(=O)NC[C@@H](O)COc1c(Br)cc([C@H](O)CNC(=O)C3=NO[C@]4(C=C(Br)C(OC)=C(Br)[C@@H]4O)C3)cc1Br)=NO2. The van der Waals surface area contributed by atoms with Gasteiger partial charge in [-0.05, 0) is 125 Å². The first-order chi connectivity index (χ1) is 24.6. The molecule has 0 saturated carbocycles. The zero-order valence-corrected chi connectivity index (χ0v) is 36.5. The number of allylic oxidation sites excluding steroid dienone is 2. The van der Waals surface area contributed by atoms with Crippen LogP contribution < -0.4 is 15.4 Å². The monoisotopic (exact) mass is 1110 g/mol. The molecule has 1 aromatic carbocycles. The Balaban J connectivity index is 1.09. The van der Waals surface area contributed by atoms with E-state index in [4.69, 9.17) is 23.9 Å². The fourth-order valence-corrected chi connectivity index (χ4v) is 10.5. The number of halogens is 6. The molecule has 4 aliphatic rings. The number of methoxy groups -OCH3 is 2. The maximum atomic E-state index is 12.9. The number of nitrogens with zero attached hydrogens (tertiary/aromatic N) is 2. The van der Waals surface area contributed by atoms with Crippen LogP contribution in [0.1, 0.15) is 24.5 Å². The summed E-state index contributed by atoms with van der Waals surface area (Å²) in [5.41, 5.74) is -2.16. The Kier molecular flexibility index (Phi) is 13.4. The lowest BCUT2D eigenvalue weighted by atomic mass is 9.87. The average Bonchev–Trinajstić information content (AvgIpc) is 3.73. The van der Waals surface area contributed by atoms with E-state index in [0.717, 1.165) is 0 Å². The molecule has 2 heterocycles. The van der Waals surface area contributed by atoms with Gasteiger partial charge in [0.05, 0.1) is 47.2 Å². The van der Waals surface area contributed by atoms with Gasteiger partial charge >= 0.3 is 0 Å². The highest BCUT2D eigenvalue weighted by Gasteiger charge is 2.52. The van der Waals surface area contributed by atoms with Crippen LogP contribution in [0.3, 0.4) is 0 Å². The number of hydrogen-bond donors (Lipinski definition) is 6. The third-order valence-electron chi connectivity index (χ3n) is 8.27. The Labute approximate surface area is 347 Å². The second kappa shape index (κ2) is 16.9. The molecule has 0 fully saturated rings. The summed E-state index contributed by atoms with van der Waals surface area (Å²) in [6, 6.07) is 3.19. The lowest BCUT2D eigenvalue weighted by Gasteiger charge is -2.33. The van der Waals surface area contributed by atoms with Gasteiger partial charge in [-0.1, -0.05) is 10.3 Å². The number of ether oxygens (including phenoxy) is 3. The van der Waals surface area contributed by atoms with E-state index in [2.05, 4.69) is 117 Å². The quantitative estimate of drug-likeness (QED) is 0.176. The lowest BCUT2D eigenvalue weighted by molar-refractivity contribution is -0.116. The van der Waals surface area contributed by atoms with Gasteiger partial charge in [-0.15, -0.1) is 0 Å². The number of aliphatic hydroxyl groups excluding tert-OH is 4. The topological polar surface area (TPSA) is 210 Å². The van der Waals surface area contributed by atoms with Gasteiger partial charge in [-0.2, -0.15) is 0 Å². The van der Waals surface area contributed by atoms with E-state index in [1.807, 2.05) is 0 Å². The predicted octanol–water partition coefficient (Wildman–Crippen LogP) is 4.06. The molecule has 0 saturated heterocycles. The zero-order valence-electron chi connectivity index (χ0n) is 27.0. The van der Waals surface area contributed by atoms with Gasteiger partial charge in [0.2, 0.25) is 0 Å². The van der Waals surface area contributed by atoms with Crippen LogP contribution in [-0.4, -0.2) is 107 Å². The van der Waals surface area contributed by atoms with Gasteiger partial charge in [0, 0.05) is 25.9 Å². The van der Waals surface area contributed by atoms with Crippen LogP contribution >= 0.6 is 95.6 Å². The molecule has 1 aromatic rings. The van der Waals surface area contributed by atoms with Crippen LogP contribution in [0.15, 0.2) is 73.0 Å². The summed E-state index contributed by atoms with van der Waals surface area (Å²) in [6.45, 7) is -0.560. The second-order valence-electron chi connectivity index (χ2n) is 11.8. The molecular formula is C31H30Br6N4O11. The Bertz CT molecular complexity index is 1810. The molecule has 2 aliphatic carbocycles. The molecule has 0 unspecified atom stereocenters. The Hall–Kier alpha value is -1.82. The number of benzene rings is 1. The molecule has 52 heavy (non-hydrogen) atoms. The highest BCUT2D eigenvalue weighted by atomic mass is 79.9. The minimum absolute atomic E-state index is 0.0225. The molecule has 282 valence electrons. The molecular weight excluding hydrogens is 1080 g/mol. The highest BCUT2D eigenvalue weighted by Crippen LogP contribution is 2.45. The molecule has 21 heteroatoms. The van der Waals surface area contributed by atoms with E-state index in [0.29, 0.717) is 49.7 Å². The highest BCUT2D eigenvalue weighted by molar-refractivity contribution is 9.12. The van der Waals surface area contributed by atoms with E-state index < -0.39 is 47.4 Å². The molecule has 2 amide bonds. The first-order valence-corrected chi connectivity index (χ1v) is 19.9. The summed E-state index contributed by atoms with van der Waals surface area (Å²) in [5.74, 6) is -0.0771. The Morgan fingerprint density at radius 1 is 0.827 bits per heavy atom. The van der Waals surface area contributed by atoms with Gasteiger partial charge in [0.25, 0.3) is 11.8 Å². The molecule has 2 aliphatic heterocycles. The van der Waals surface area contributed by atoms with Crippen molar-refractivity contribution in [3.63, 3.8) is 0 Å². The van der Waals surface area contributed by atoms with Crippen LogP contribution in [0.5, 0.6) is 5.75 Å². The summed E-state index contributed by atoms with van der Waals surface area (Å²) >= 11 is 20.2. The maximum Gasteiger partial charge on any atom is 0.269 e. The van der Waals surface area contributed by atoms with Gasteiger partial charge in [-0.3, -0.25) is 9.59 Å². The molecule has 0 radical (unpaired) electrons.